The van der Waals surface area contributed by atoms with Crippen LogP contribution in [-0.2, 0) is 16.4 Å². The third-order valence-electron chi connectivity index (χ3n) is 5.55. The number of hydrogen-bond acceptors (Lipinski definition) is 5. The quantitative estimate of drug-likeness (QED) is 0.334. The van der Waals surface area contributed by atoms with Gasteiger partial charge in [0.05, 0.1) is 25.5 Å². The minimum Gasteiger partial charge on any atom is -0.348 e. The molecule has 4 aromatic carbocycles. The molecule has 0 bridgehead atoms. The molecular weight excluding hydrogens is 464 g/mol. The summed E-state index contributed by atoms with van der Waals surface area (Å²) in [5.74, 6) is -0.189. The summed E-state index contributed by atoms with van der Waals surface area (Å²) in [5, 5.41) is 2.88. The van der Waals surface area contributed by atoms with E-state index in [1.54, 1.807) is 48.0 Å². The van der Waals surface area contributed by atoms with Gasteiger partial charge >= 0.3 is 0 Å². The minimum absolute atomic E-state index is 0.189. The zero-order valence-corrected chi connectivity index (χ0v) is 19.6. The van der Waals surface area contributed by atoms with Gasteiger partial charge in [-0.2, -0.15) is 0 Å². The van der Waals surface area contributed by atoms with Gasteiger partial charge in [0.2, 0.25) is 9.84 Å². The Balaban J connectivity index is 1.27. The number of rotatable bonds is 6. The summed E-state index contributed by atoms with van der Waals surface area (Å²) in [5.41, 5.74) is 5.98. The highest BCUT2D eigenvalue weighted by Crippen LogP contribution is 2.25. The molecule has 0 unspecified atom stereocenters. The van der Waals surface area contributed by atoms with E-state index in [2.05, 4.69) is 10.3 Å². The number of thiazole rings is 1. The molecule has 34 heavy (non-hydrogen) atoms. The van der Waals surface area contributed by atoms with Crippen LogP contribution in [0.3, 0.4) is 0 Å². The lowest BCUT2D eigenvalue weighted by molar-refractivity contribution is 0.0951. The average Bonchev–Trinajstić information content (AvgIpc) is 3.36. The highest BCUT2D eigenvalue weighted by Gasteiger charge is 2.17. The average molecular weight is 485 g/mol. The maximum atomic E-state index is 13.1. The van der Waals surface area contributed by atoms with Crippen LogP contribution in [-0.4, -0.2) is 19.3 Å². The van der Waals surface area contributed by atoms with E-state index >= 15 is 0 Å². The molecule has 1 heterocycles. The van der Waals surface area contributed by atoms with Gasteiger partial charge < -0.3 is 5.32 Å². The van der Waals surface area contributed by atoms with Gasteiger partial charge in [0.15, 0.2) is 0 Å². The molecular formula is C27H20N2O3S2. The highest BCUT2D eigenvalue weighted by molar-refractivity contribution is 7.91. The number of sulfone groups is 1. The molecule has 0 fully saturated rings. The van der Waals surface area contributed by atoms with Crippen molar-refractivity contribution < 1.29 is 13.2 Å². The maximum absolute atomic E-state index is 13.1. The van der Waals surface area contributed by atoms with Crippen molar-refractivity contribution in [3.8, 4) is 11.1 Å². The summed E-state index contributed by atoms with van der Waals surface area (Å²) < 4.78 is 27.1. The Morgan fingerprint density at radius 2 is 1.44 bits per heavy atom. The van der Waals surface area contributed by atoms with Gasteiger partial charge in [0.1, 0.15) is 0 Å². The molecule has 0 saturated carbocycles. The standard InChI is InChI=1S/C27H20N2O3S2/c30-27(22-10-15-25-26(16-22)33-18-29-25)28-17-19-6-11-23(12-7-19)34(31,32)24-13-8-21(9-14-24)20-4-2-1-3-5-20/h1-16,18H,17H2,(H,28,30). The van der Waals surface area contributed by atoms with E-state index in [1.165, 1.54) is 11.3 Å². The Bertz CT molecular complexity index is 1560. The molecule has 0 aliphatic carbocycles. The Kier molecular flexibility index (Phi) is 5.96. The zero-order chi connectivity index (χ0) is 23.5. The first-order chi connectivity index (χ1) is 16.5. The summed E-state index contributed by atoms with van der Waals surface area (Å²) >= 11 is 1.49. The number of fused-ring (bicyclic) bond motifs is 1. The number of aromatic nitrogens is 1. The number of carbonyl (C=O) groups excluding carboxylic acids is 1. The second-order valence-electron chi connectivity index (χ2n) is 7.76. The van der Waals surface area contributed by atoms with Crippen LogP contribution in [0.15, 0.2) is 112 Å². The van der Waals surface area contributed by atoms with Crippen LogP contribution in [0.5, 0.6) is 0 Å². The van der Waals surface area contributed by atoms with Gasteiger partial charge in [0, 0.05) is 12.1 Å². The van der Waals surface area contributed by atoms with Crippen molar-refractivity contribution in [2.45, 2.75) is 16.3 Å². The molecule has 1 N–H and O–H groups in total. The SMILES string of the molecule is O=C(NCc1ccc(S(=O)(=O)c2ccc(-c3ccccc3)cc2)cc1)c1ccc2ncsc2c1. The van der Waals surface area contributed by atoms with Gasteiger partial charge in [-0.1, -0.05) is 54.6 Å². The van der Waals surface area contributed by atoms with Gasteiger partial charge in [-0.05, 0) is 59.2 Å². The second-order valence-corrected chi connectivity index (χ2v) is 10.6. The molecule has 0 saturated heterocycles. The minimum atomic E-state index is -3.64. The Hall–Kier alpha value is -3.81. The highest BCUT2D eigenvalue weighted by atomic mass is 32.2. The Labute approximate surface area is 201 Å². The maximum Gasteiger partial charge on any atom is 0.251 e. The predicted molar refractivity (Wildman–Crippen MR) is 135 cm³/mol. The molecule has 0 atom stereocenters. The second kappa shape index (κ2) is 9.21. The van der Waals surface area contributed by atoms with E-state index in [9.17, 15) is 13.2 Å². The third kappa shape index (κ3) is 4.48. The van der Waals surface area contributed by atoms with Gasteiger partial charge in [0.25, 0.3) is 5.91 Å². The molecule has 7 heteroatoms. The normalized spacial score (nSPS) is 11.4. The molecule has 0 spiro atoms. The molecule has 1 aromatic heterocycles. The lowest BCUT2D eigenvalue weighted by Crippen LogP contribution is -2.22. The van der Waals surface area contributed by atoms with E-state index in [1.807, 2.05) is 54.6 Å². The summed E-state index contributed by atoms with van der Waals surface area (Å²) in [4.78, 5) is 17.2. The molecule has 1 amide bonds. The summed E-state index contributed by atoms with van der Waals surface area (Å²) in [6.07, 6.45) is 0. The van der Waals surface area contributed by atoms with Crippen LogP contribution in [0.25, 0.3) is 21.3 Å². The van der Waals surface area contributed by atoms with Crippen molar-refractivity contribution in [1.29, 1.82) is 0 Å². The van der Waals surface area contributed by atoms with Gasteiger partial charge in [-0.25, -0.2) is 13.4 Å². The number of amides is 1. The van der Waals surface area contributed by atoms with E-state index in [4.69, 9.17) is 0 Å². The lowest BCUT2D eigenvalue weighted by atomic mass is 10.1. The van der Waals surface area contributed by atoms with Crippen molar-refractivity contribution in [2.75, 3.05) is 0 Å². The Morgan fingerprint density at radius 3 is 2.15 bits per heavy atom. The first kappa shape index (κ1) is 22.0. The number of carbonyl (C=O) groups is 1. The van der Waals surface area contributed by atoms with Crippen LogP contribution >= 0.6 is 11.3 Å². The van der Waals surface area contributed by atoms with E-state index in [0.717, 1.165) is 26.9 Å². The van der Waals surface area contributed by atoms with Crippen LogP contribution in [0, 0.1) is 0 Å². The number of nitrogens with zero attached hydrogens (tertiary/aromatic N) is 1. The van der Waals surface area contributed by atoms with Crippen molar-refractivity contribution in [1.82, 2.24) is 10.3 Å². The van der Waals surface area contributed by atoms with Gasteiger partial charge in [-0.15, -0.1) is 11.3 Å². The zero-order valence-electron chi connectivity index (χ0n) is 18.0. The summed E-state index contributed by atoms with van der Waals surface area (Å²) in [6.45, 7) is 0.297. The topological polar surface area (TPSA) is 76.1 Å². The predicted octanol–water partition coefficient (Wildman–Crippen LogP) is 5.73. The van der Waals surface area contributed by atoms with Crippen LogP contribution in [0.2, 0.25) is 0 Å². The number of nitrogens with one attached hydrogen (secondary N) is 1. The van der Waals surface area contributed by atoms with E-state index in [0.29, 0.717) is 12.1 Å². The van der Waals surface area contributed by atoms with Gasteiger partial charge in [-0.3, -0.25) is 4.79 Å². The number of hydrogen-bond donors (Lipinski definition) is 1. The summed E-state index contributed by atoms with van der Waals surface area (Å²) in [6, 6.07) is 28.7. The fourth-order valence-corrected chi connectivity index (χ4v) is 5.64. The van der Waals surface area contributed by atoms with Crippen LogP contribution in [0.1, 0.15) is 15.9 Å². The van der Waals surface area contributed by atoms with Crippen LogP contribution in [0.4, 0.5) is 0 Å². The number of benzene rings is 4. The first-order valence-electron chi connectivity index (χ1n) is 10.6. The lowest BCUT2D eigenvalue weighted by Gasteiger charge is -2.09. The first-order valence-corrected chi connectivity index (χ1v) is 13.0. The van der Waals surface area contributed by atoms with E-state index < -0.39 is 9.84 Å². The summed E-state index contributed by atoms with van der Waals surface area (Å²) in [7, 11) is -3.64. The molecule has 0 aliphatic heterocycles. The molecule has 0 radical (unpaired) electrons. The molecule has 5 aromatic rings. The largest absolute Gasteiger partial charge is 0.348 e. The smallest absolute Gasteiger partial charge is 0.251 e. The Morgan fingerprint density at radius 1 is 0.794 bits per heavy atom. The monoisotopic (exact) mass is 484 g/mol. The fraction of sp³-hybridized carbons (Fsp3) is 0.0370. The van der Waals surface area contributed by atoms with E-state index in [-0.39, 0.29) is 15.7 Å². The van der Waals surface area contributed by atoms with Crippen molar-refractivity contribution in [3.05, 3.63) is 114 Å². The molecule has 5 nitrogen and oxygen atoms in total. The van der Waals surface area contributed by atoms with Crippen molar-refractivity contribution in [3.63, 3.8) is 0 Å². The van der Waals surface area contributed by atoms with Crippen molar-refractivity contribution in [2.24, 2.45) is 0 Å². The molecule has 0 aliphatic rings. The van der Waals surface area contributed by atoms with Crippen LogP contribution < -0.4 is 5.32 Å². The van der Waals surface area contributed by atoms with Crippen molar-refractivity contribution >= 4 is 37.3 Å². The molecule has 5 rings (SSSR count). The third-order valence-corrected chi connectivity index (χ3v) is 8.13. The fourth-order valence-electron chi connectivity index (χ4n) is 3.66. The molecule has 168 valence electrons.